The zero-order valence-corrected chi connectivity index (χ0v) is 11.9. The van der Waals surface area contributed by atoms with E-state index in [9.17, 15) is 13.2 Å². The standard InChI is InChI=1S/C13H19NO5S/c15-9-8-14(11-12-5-2-1-3-6-12)20(18,19)10-4-7-13(16)17/h1-3,5-6,15H,4,7-11H2,(H,16,17). The maximum atomic E-state index is 12.1. The third-order valence-corrected chi connectivity index (χ3v) is 4.64. The Morgan fingerprint density at radius 2 is 1.85 bits per heavy atom. The van der Waals surface area contributed by atoms with E-state index >= 15 is 0 Å². The highest BCUT2D eigenvalue weighted by molar-refractivity contribution is 7.89. The highest BCUT2D eigenvalue weighted by Crippen LogP contribution is 2.11. The summed E-state index contributed by atoms with van der Waals surface area (Å²) in [7, 11) is -3.57. The van der Waals surface area contributed by atoms with Crippen molar-refractivity contribution in [3.05, 3.63) is 35.9 Å². The predicted octanol–water partition coefficient (Wildman–Crippen LogP) is 0.676. The molecule has 0 bridgehead atoms. The summed E-state index contributed by atoms with van der Waals surface area (Å²) in [5.74, 6) is -1.25. The summed E-state index contributed by atoms with van der Waals surface area (Å²) in [6, 6.07) is 9.06. The van der Waals surface area contributed by atoms with Gasteiger partial charge in [0.05, 0.1) is 12.4 Å². The number of aliphatic hydroxyl groups excluding tert-OH is 1. The summed E-state index contributed by atoms with van der Waals surface area (Å²) in [6.07, 6.45) is -0.119. The average Bonchev–Trinajstić information content (AvgIpc) is 2.38. The van der Waals surface area contributed by atoms with Gasteiger partial charge in [0.15, 0.2) is 0 Å². The molecule has 2 N–H and O–H groups in total. The van der Waals surface area contributed by atoms with Crippen LogP contribution in [0.1, 0.15) is 18.4 Å². The number of hydrogen-bond donors (Lipinski definition) is 2. The highest BCUT2D eigenvalue weighted by Gasteiger charge is 2.21. The van der Waals surface area contributed by atoms with Gasteiger partial charge in [0, 0.05) is 19.5 Å². The molecule has 0 atom stereocenters. The van der Waals surface area contributed by atoms with Gasteiger partial charge in [-0.1, -0.05) is 30.3 Å². The first-order chi connectivity index (χ1) is 9.45. The average molecular weight is 301 g/mol. The second kappa shape index (κ2) is 7.98. The molecule has 0 fully saturated rings. The molecule has 20 heavy (non-hydrogen) atoms. The molecule has 7 heteroatoms. The van der Waals surface area contributed by atoms with E-state index in [4.69, 9.17) is 10.2 Å². The van der Waals surface area contributed by atoms with Gasteiger partial charge in [0.1, 0.15) is 0 Å². The molecular weight excluding hydrogens is 282 g/mol. The molecule has 0 unspecified atom stereocenters. The third kappa shape index (κ3) is 5.68. The maximum absolute atomic E-state index is 12.1. The van der Waals surface area contributed by atoms with Crippen molar-refractivity contribution >= 4 is 16.0 Å². The summed E-state index contributed by atoms with van der Waals surface area (Å²) in [5.41, 5.74) is 0.822. The molecular formula is C13H19NO5S. The van der Waals surface area contributed by atoms with Crippen molar-refractivity contribution in [3.63, 3.8) is 0 Å². The minimum Gasteiger partial charge on any atom is -0.481 e. The van der Waals surface area contributed by atoms with Crippen molar-refractivity contribution in [3.8, 4) is 0 Å². The number of sulfonamides is 1. The monoisotopic (exact) mass is 301 g/mol. The van der Waals surface area contributed by atoms with Crippen molar-refractivity contribution in [2.45, 2.75) is 19.4 Å². The van der Waals surface area contributed by atoms with E-state index < -0.39 is 16.0 Å². The fourth-order valence-electron chi connectivity index (χ4n) is 1.75. The van der Waals surface area contributed by atoms with Crippen LogP contribution in [0.15, 0.2) is 30.3 Å². The fraction of sp³-hybridized carbons (Fsp3) is 0.462. The Hall–Kier alpha value is -1.44. The molecule has 0 aliphatic rings. The summed E-state index contributed by atoms with van der Waals surface area (Å²) in [5, 5.41) is 17.5. The Bertz CT molecular complexity index is 515. The van der Waals surface area contributed by atoms with Gasteiger partial charge in [-0.15, -0.1) is 0 Å². The lowest BCUT2D eigenvalue weighted by molar-refractivity contribution is -0.137. The quantitative estimate of drug-likeness (QED) is 0.699. The van der Waals surface area contributed by atoms with Gasteiger partial charge < -0.3 is 10.2 Å². The van der Waals surface area contributed by atoms with Crippen LogP contribution < -0.4 is 0 Å². The molecule has 0 aliphatic heterocycles. The molecule has 1 aromatic carbocycles. The molecule has 0 aromatic heterocycles. The number of carboxylic acids is 1. The number of carbonyl (C=O) groups is 1. The van der Waals surface area contributed by atoms with Crippen LogP contribution in [0.5, 0.6) is 0 Å². The third-order valence-electron chi connectivity index (χ3n) is 2.74. The molecule has 1 rings (SSSR count). The molecule has 0 heterocycles. The molecule has 1 aromatic rings. The van der Waals surface area contributed by atoms with Crippen LogP contribution in [0.25, 0.3) is 0 Å². The van der Waals surface area contributed by atoms with E-state index in [1.54, 1.807) is 12.1 Å². The maximum Gasteiger partial charge on any atom is 0.303 e. The van der Waals surface area contributed by atoms with Crippen LogP contribution in [-0.4, -0.2) is 47.8 Å². The highest BCUT2D eigenvalue weighted by atomic mass is 32.2. The van der Waals surface area contributed by atoms with E-state index in [-0.39, 0.29) is 38.3 Å². The second-order valence-electron chi connectivity index (χ2n) is 4.36. The molecule has 0 radical (unpaired) electrons. The van der Waals surface area contributed by atoms with Gasteiger partial charge in [-0.2, -0.15) is 4.31 Å². The van der Waals surface area contributed by atoms with Gasteiger partial charge in [-0.25, -0.2) is 8.42 Å². The zero-order valence-electron chi connectivity index (χ0n) is 11.1. The number of hydrogen-bond acceptors (Lipinski definition) is 4. The van der Waals surface area contributed by atoms with Gasteiger partial charge in [0.2, 0.25) is 10.0 Å². The lowest BCUT2D eigenvalue weighted by Gasteiger charge is -2.21. The Morgan fingerprint density at radius 3 is 2.40 bits per heavy atom. The first-order valence-electron chi connectivity index (χ1n) is 6.30. The summed E-state index contributed by atoms with van der Waals surface area (Å²) in [4.78, 5) is 10.4. The van der Waals surface area contributed by atoms with Crippen molar-refractivity contribution in [2.75, 3.05) is 18.9 Å². The molecule has 0 amide bonds. The van der Waals surface area contributed by atoms with E-state index in [1.807, 2.05) is 18.2 Å². The van der Waals surface area contributed by atoms with Crippen LogP contribution >= 0.6 is 0 Å². The first-order valence-corrected chi connectivity index (χ1v) is 7.91. The van der Waals surface area contributed by atoms with Gasteiger partial charge >= 0.3 is 5.97 Å². The number of aliphatic carboxylic acids is 1. The van der Waals surface area contributed by atoms with E-state index in [0.29, 0.717) is 0 Å². The van der Waals surface area contributed by atoms with Crippen LogP contribution in [0, 0.1) is 0 Å². The number of aliphatic hydroxyl groups is 1. The number of nitrogens with zero attached hydrogens (tertiary/aromatic N) is 1. The van der Waals surface area contributed by atoms with Crippen molar-refractivity contribution in [1.29, 1.82) is 0 Å². The Morgan fingerprint density at radius 1 is 1.20 bits per heavy atom. The number of rotatable bonds is 9. The number of benzene rings is 1. The summed E-state index contributed by atoms with van der Waals surface area (Å²) >= 11 is 0. The van der Waals surface area contributed by atoms with Crippen LogP contribution in [-0.2, 0) is 21.4 Å². The van der Waals surface area contributed by atoms with Crippen molar-refractivity contribution in [2.24, 2.45) is 0 Å². The Labute approximate surface area is 118 Å². The molecule has 0 saturated carbocycles. The fourth-order valence-corrected chi connectivity index (χ4v) is 3.22. The van der Waals surface area contributed by atoms with E-state index in [2.05, 4.69) is 0 Å². The van der Waals surface area contributed by atoms with Crippen molar-refractivity contribution < 1.29 is 23.4 Å². The normalized spacial score (nSPS) is 11.7. The largest absolute Gasteiger partial charge is 0.481 e. The van der Waals surface area contributed by atoms with Gasteiger partial charge in [-0.3, -0.25) is 4.79 Å². The zero-order chi connectivity index (χ0) is 15.0. The molecule has 6 nitrogen and oxygen atoms in total. The second-order valence-corrected chi connectivity index (χ2v) is 6.44. The molecule has 0 aliphatic carbocycles. The predicted molar refractivity (Wildman–Crippen MR) is 74.6 cm³/mol. The van der Waals surface area contributed by atoms with Crippen LogP contribution in [0.4, 0.5) is 0 Å². The minimum atomic E-state index is -3.57. The molecule has 0 saturated heterocycles. The van der Waals surface area contributed by atoms with Gasteiger partial charge in [-0.05, 0) is 12.0 Å². The lowest BCUT2D eigenvalue weighted by atomic mass is 10.2. The summed E-state index contributed by atoms with van der Waals surface area (Å²) in [6.45, 7) is -0.0912. The summed E-state index contributed by atoms with van der Waals surface area (Å²) < 4.78 is 25.4. The SMILES string of the molecule is O=C(O)CCCS(=O)(=O)N(CCO)Cc1ccccc1. The van der Waals surface area contributed by atoms with Gasteiger partial charge in [0.25, 0.3) is 0 Å². The topological polar surface area (TPSA) is 94.9 Å². The Kier molecular flexibility index (Phi) is 6.63. The Balaban J connectivity index is 2.70. The first kappa shape index (κ1) is 16.6. The minimum absolute atomic E-state index is 0.00426. The van der Waals surface area contributed by atoms with E-state index in [1.165, 1.54) is 4.31 Å². The molecule has 0 spiro atoms. The molecule has 112 valence electrons. The van der Waals surface area contributed by atoms with Crippen LogP contribution in [0.3, 0.4) is 0 Å². The smallest absolute Gasteiger partial charge is 0.303 e. The lowest BCUT2D eigenvalue weighted by Crippen LogP contribution is -2.35. The van der Waals surface area contributed by atoms with E-state index in [0.717, 1.165) is 5.56 Å². The van der Waals surface area contributed by atoms with Crippen LogP contribution in [0.2, 0.25) is 0 Å². The number of carboxylic acid groups (broad SMARTS) is 1. The van der Waals surface area contributed by atoms with Crippen molar-refractivity contribution in [1.82, 2.24) is 4.31 Å².